The molecule has 13 nitrogen and oxygen atoms in total. The van der Waals surface area contributed by atoms with Gasteiger partial charge in [-0.25, -0.2) is 8.42 Å². The summed E-state index contributed by atoms with van der Waals surface area (Å²) in [5, 5.41) is 41.1. The van der Waals surface area contributed by atoms with Gasteiger partial charge in [0.05, 0.1) is 36.9 Å². The smallest absolute Gasteiger partial charge is 0.240 e. The number of methoxy groups -OCH3 is 1. The van der Waals surface area contributed by atoms with Crippen LogP contribution >= 0.6 is 0 Å². The van der Waals surface area contributed by atoms with E-state index in [1.165, 1.54) is 6.42 Å². The number of anilines is 1. The van der Waals surface area contributed by atoms with Crippen molar-refractivity contribution in [2.45, 2.75) is 109 Å². The normalized spacial score (nSPS) is 27.8. The topological polar surface area (TPSA) is 164 Å². The molecule has 1 amide bonds. The molecule has 2 bridgehead atoms. The first-order chi connectivity index (χ1) is 26.5. The van der Waals surface area contributed by atoms with Gasteiger partial charge in [0.2, 0.25) is 5.91 Å². The number of likely N-dealkylation sites (N-methyl/N-ethyl adjacent to an activating group) is 1. The van der Waals surface area contributed by atoms with Crippen LogP contribution in [-0.2, 0) is 26.0 Å². The van der Waals surface area contributed by atoms with Crippen molar-refractivity contribution in [3.8, 4) is 16.9 Å². The van der Waals surface area contributed by atoms with Crippen molar-refractivity contribution in [3.05, 3.63) is 47.5 Å². The van der Waals surface area contributed by atoms with Crippen LogP contribution in [0, 0.1) is 29.1 Å². The highest BCUT2D eigenvalue weighted by Crippen LogP contribution is 2.61. The zero-order chi connectivity index (χ0) is 42.4. The molecule has 1 unspecified atom stereocenters. The summed E-state index contributed by atoms with van der Waals surface area (Å²) in [6.07, 6.45) is -0.801. The molecular formula is C43H69N5O8S. The molecule has 320 valence electrons. The molecular weight excluding hydrogens is 747 g/mol. The number of carbonyl (C=O) groups excluding carboxylic acids is 1. The number of fused-ring (bicyclic) bond motifs is 2. The number of nitrogens with zero attached hydrogens (tertiary/aromatic N) is 3. The van der Waals surface area contributed by atoms with Crippen LogP contribution in [0.4, 0.5) is 5.69 Å². The number of aliphatic hydroxyl groups excluding tert-OH is 3. The molecule has 0 aromatic heterocycles. The van der Waals surface area contributed by atoms with Gasteiger partial charge < -0.3 is 35.2 Å². The summed E-state index contributed by atoms with van der Waals surface area (Å²) in [6, 6.07) is 10.0. The minimum absolute atomic E-state index is 0.0147. The van der Waals surface area contributed by atoms with Gasteiger partial charge in [0.15, 0.2) is 9.84 Å². The molecule has 0 spiro atoms. The van der Waals surface area contributed by atoms with Crippen LogP contribution in [0.2, 0.25) is 0 Å². The van der Waals surface area contributed by atoms with Gasteiger partial charge in [-0.3, -0.25) is 14.9 Å². The average molecular weight is 816 g/mol. The SMILES string of the molecule is COc1c(CN2O[C@@H](CO)[C@@H]([C@H](C)O)[C@H]2C(=O)N[C@H]2C[C@H]3C[C@@H]([C@@H]2C)C3(C)C)cccc1-c1cc(C(O)N[C@@H](CN(C)C)CS(=O)(=O)C(C)(C)C)cc(N(C)C)c1. The van der Waals surface area contributed by atoms with Gasteiger partial charge in [0.25, 0.3) is 0 Å². The van der Waals surface area contributed by atoms with Gasteiger partial charge in [-0.05, 0) is 107 Å². The third-order valence-electron chi connectivity index (χ3n) is 13.1. The van der Waals surface area contributed by atoms with E-state index in [0.29, 0.717) is 35.6 Å². The number of sulfone groups is 1. The second-order valence-electron chi connectivity index (χ2n) is 18.9. The van der Waals surface area contributed by atoms with Crippen molar-refractivity contribution in [1.29, 1.82) is 0 Å². The Labute approximate surface area is 341 Å². The van der Waals surface area contributed by atoms with E-state index in [-0.39, 0.29) is 36.3 Å². The van der Waals surface area contributed by atoms with E-state index in [1.807, 2.05) is 74.4 Å². The molecule has 3 aliphatic carbocycles. The monoisotopic (exact) mass is 815 g/mol. The van der Waals surface area contributed by atoms with E-state index in [2.05, 4.69) is 31.4 Å². The van der Waals surface area contributed by atoms with Crippen molar-refractivity contribution >= 4 is 21.4 Å². The molecule has 2 aromatic rings. The molecule has 1 saturated heterocycles. The molecule has 5 N–H and O–H groups in total. The number of amides is 1. The van der Waals surface area contributed by atoms with Crippen LogP contribution in [0.1, 0.15) is 78.7 Å². The summed E-state index contributed by atoms with van der Waals surface area (Å²) in [4.78, 5) is 24.4. The van der Waals surface area contributed by atoms with E-state index >= 15 is 0 Å². The highest BCUT2D eigenvalue weighted by Gasteiger charge is 2.57. The predicted octanol–water partition coefficient (Wildman–Crippen LogP) is 3.81. The maximum absolute atomic E-state index is 14.3. The number of benzene rings is 2. The second-order valence-corrected chi connectivity index (χ2v) is 21.7. The Hall–Kier alpha value is -2.82. The standard InChI is InChI=1S/C43H69N5O8S/c1-25-34-19-30(43(34,6)7)20-35(25)45-41(52)38-37(26(2)50)36(23-49)56-48(38)21-27-14-13-15-33(39(27)55-12)28-16-29(18-32(17-28)47(10)11)40(51)44-31(22-46(8)9)24-57(53,54)42(3,4)5/h13-18,25-26,30-31,34-38,40,44,49-51H,19-24H2,1-12H3,(H,45,52)/t25-,26-,30+,31-,34-,35-,36-,37+,38-,40?/m0/s1. The number of nitrogens with one attached hydrogen (secondary N) is 2. The zero-order valence-corrected chi connectivity index (χ0v) is 36.9. The van der Waals surface area contributed by atoms with E-state index in [4.69, 9.17) is 9.57 Å². The number of rotatable bonds is 16. The average Bonchev–Trinajstić information content (AvgIpc) is 3.49. The Bertz CT molecular complexity index is 1830. The lowest BCUT2D eigenvalue weighted by atomic mass is 9.45. The van der Waals surface area contributed by atoms with E-state index in [1.54, 1.807) is 39.9 Å². The molecule has 1 aliphatic heterocycles. The fourth-order valence-corrected chi connectivity index (χ4v) is 10.7. The van der Waals surface area contributed by atoms with Gasteiger partial charge in [-0.1, -0.05) is 39.0 Å². The predicted molar refractivity (Wildman–Crippen MR) is 224 cm³/mol. The fraction of sp³-hybridized carbons (Fsp3) is 0.698. The Morgan fingerprint density at radius 3 is 2.33 bits per heavy atom. The molecule has 57 heavy (non-hydrogen) atoms. The summed E-state index contributed by atoms with van der Waals surface area (Å²) < 4.78 is 31.6. The molecule has 14 heteroatoms. The lowest BCUT2D eigenvalue weighted by Crippen LogP contribution is -2.62. The highest BCUT2D eigenvalue weighted by molar-refractivity contribution is 7.92. The Morgan fingerprint density at radius 2 is 1.79 bits per heavy atom. The Morgan fingerprint density at radius 1 is 1.11 bits per heavy atom. The number of hydroxylamine groups is 2. The second kappa shape index (κ2) is 17.4. The third-order valence-corrected chi connectivity index (χ3v) is 15.8. The maximum Gasteiger partial charge on any atom is 0.240 e. The van der Waals surface area contributed by atoms with Crippen molar-refractivity contribution in [1.82, 2.24) is 20.6 Å². The molecule has 2 aromatic carbocycles. The van der Waals surface area contributed by atoms with Gasteiger partial charge in [-0.2, -0.15) is 5.06 Å². The van der Waals surface area contributed by atoms with Crippen LogP contribution in [0.25, 0.3) is 11.1 Å². The molecule has 0 radical (unpaired) electrons. The third kappa shape index (κ3) is 9.49. The first kappa shape index (κ1) is 45.3. The van der Waals surface area contributed by atoms with Crippen LogP contribution in [0.5, 0.6) is 5.75 Å². The van der Waals surface area contributed by atoms with Crippen LogP contribution in [-0.4, -0.2) is 129 Å². The first-order valence-electron chi connectivity index (χ1n) is 20.3. The zero-order valence-electron chi connectivity index (χ0n) is 36.1. The lowest BCUT2D eigenvalue weighted by molar-refractivity contribution is -0.183. The maximum atomic E-state index is 14.3. The molecule has 10 atom stereocenters. The minimum atomic E-state index is -3.50. The van der Waals surface area contributed by atoms with Gasteiger partial charge in [0, 0.05) is 55.5 Å². The fourth-order valence-electron chi connectivity index (χ4n) is 9.46. The summed E-state index contributed by atoms with van der Waals surface area (Å²) in [5.41, 5.74) is 3.82. The quantitative estimate of drug-likeness (QED) is 0.156. The van der Waals surface area contributed by atoms with Gasteiger partial charge in [-0.15, -0.1) is 0 Å². The largest absolute Gasteiger partial charge is 0.496 e. The van der Waals surface area contributed by atoms with E-state index in [0.717, 1.165) is 28.8 Å². The van der Waals surface area contributed by atoms with Gasteiger partial charge >= 0.3 is 0 Å². The molecule has 3 saturated carbocycles. The van der Waals surface area contributed by atoms with Crippen LogP contribution in [0.3, 0.4) is 0 Å². The summed E-state index contributed by atoms with van der Waals surface area (Å²) >= 11 is 0. The summed E-state index contributed by atoms with van der Waals surface area (Å²) in [5.74, 6) is 0.896. The van der Waals surface area contributed by atoms with Crippen molar-refractivity contribution < 1.29 is 38.1 Å². The highest BCUT2D eigenvalue weighted by atomic mass is 32.2. The lowest BCUT2D eigenvalue weighted by Gasteiger charge is -2.62. The number of ether oxygens (including phenoxy) is 1. The van der Waals surface area contributed by atoms with Crippen molar-refractivity contribution in [2.24, 2.45) is 29.1 Å². The molecule has 6 rings (SSSR count). The Kier molecular flexibility index (Phi) is 13.8. The number of para-hydroxylation sites is 1. The van der Waals surface area contributed by atoms with E-state index in [9.17, 15) is 28.5 Å². The van der Waals surface area contributed by atoms with Crippen LogP contribution in [0.15, 0.2) is 36.4 Å². The molecule has 4 aliphatic rings. The number of carbonyl (C=O) groups is 1. The van der Waals surface area contributed by atoms with Gasteiger partial charge in [0.1, 0.15) is 24.1 Å². The number of hydrogen-bond donors (Lipinski definition) is 5. The number of aliphatic hydroxyl groups is 3. The summed E-state index contributed by atoms with van der Waals surface area (Å²) in [7, 11) is 5.63. The van der Waals surface area contributed by atoms with Crippen molar-refractivity contribution in [2.75, 3.05) is 59.1 Å². The summed E-state index contributed by atoms with van der Waals surface area (Å²) in [6.45, 7) is 13.7. The molecule has 1 heterocycles. The molecule has 4 fully saturated rings. The van der Waals surface area contributed by atoms with Crippen LogP contribution < -0.4 is 20.3 Å². The van der Waals surface area contributed by atoms with E-state index < -0.39 is 51.0 Å². The minimum Gasteiger partial charge on any atom is -0.496 e. The number of hydrogen-bond acceptors (Lipinski definition) is 12. The first-order valence-corrected chi connectivity index (χ1v) is 22.0. The Balaban J connectivity index is 1.45. The van der Waals surface area contributed by atoms with Crippen molar-refractivity contribution in [3.63, 3.8) is 0 Å².